The van der Waals surface area contributed by atoms with Gasteiger partial charge < -0.3 is 4.90 Å². The molecule has 0 spiro atoms. The summed E-state index contributed by atoms with van der Waals surface area (Å²) in [5, 5.41) is 0. The lowest BCUT2D eigenvalue weighted by Gasteiger charge is -2.25. The maximum Gasteiger partial charge on any atom is 0.227 e. The lowest BCUT2D eigenvalue weighted by molar-refractivity contribution is -0.130. The van der Waals surface area contributed by atoms with E-state index in [1.165, 1.54) is 24.0 Å². The van der Waals surface area contributed by atoms with Crippen LogP contribution in [0.1, 0.15) is 43.4 Å². The zero-order chi connectivity index (χ0) is 17.0. The van der Waals surface area contributed by atoms with Crippen molar-refractivity contribution in [3.63, 3.8) is 0 Å². The third-order valence-electron chi connectivity index (χ3n) is 4.76. The Balaban J connectivity index is 2.00. The molecular formula is C18H27NO3S. The van der Waals surface area contributed by atoms with Crippen molar-refractivity contribution in [1.29, 1.82) is 0 Å². The van der Waals surface area contributed by atoms with Gasteiger partial charge in [0.25, 0.3) is 0 Å². The minimum atomic E-state index is -3.08. The second-order valence-electron chi connectivity index (χ2n) is 6.54. The number of benzene rings is 1. The Morgan fingerprint density at radius 2 is 1.87 bits per heavy atom. The summed E-state index contributed by atoms with van der Waals surface area (Å²) < 4.78 is 23.4. The Labute approximate surface area is 139 Å². The number of carbonyl (C=O) groups is 1. The second kappa shape index (κ2) is 7.47. The third-order valence-corrected chi connectivity index (χ3v) is 6.63. The highest BCUT2D eigenvalue weighted by Crippen LogP contribution is 2.22. The van der Waals surface area contributed by atoms with Crippen LogP contribution in [-0.2, 0) is 33.9 Å². The molecule has 23 heavy (non-hydrogen) atoms. The van der Waals surface area contributed by atoms with E-state index in [1.807, 2.05) is 6.07 Å². The molecular weight excluding hydrogens is 310 g/mol. The zero-order valence-electron chi connectivity index (χ0n) is 14.3. The number of likely N-dealkylation sites (N-methyl/N-ethyl adjacent to an activating group) is 1. The van der Waals surface area contributed by atoms with Gasteiger partial charge in [-0.05, 0) is 49.3 Å². The predicted octanol–water partition coefficient (Wildman–Crippen LogP) is 2.39. The van der Waals surface area contributed by atoms with Gasteiger partial charge in [-0.2, -0.15) is 0 Å². The lowest BCUT2D eigenvalue weighted by atomic mass is 9.90. The topological polar surface area (TPSA) is 54.5 Å². The van der Waals surface area contributed by atoms with Crippen LogP contribution in [0.25, 0.3) is 0 Å². The highest BCUT2D eigenvalue weighted by molar-refractivity contribution is 7.91. The molecule has 0 bridgehead atoms. The van der Waals surface area contributed by atoms with E-state index in [1.54, 1.807) is 25.8 Å². The van der Waals surface area contributed by atoms with Crippen molar-refractivity contribution < 1.29 is 13.2 Å². The molecule has 0 N–H and O–H groups in total. The van der Waals surface area contributed by atoms with E-state index >= 15 is 0 Å². The molecule has 1 aromatic rings. The number of rotatable bonds is 6. The largest absolute Gasteiger partial charge is 0.342 e. The molecule has 0 saturated heterocycles. The Bertz CT molecular complexity index is 667. The molecule has 1 aliphatic rings. The number of sulfone groups is 1. The summed E-state index contributed by atoms with van der Waals surface area (Å²) >= 11 is 0. The molecule has 0 fully saturated rings. The summed E-state index contributed by atoms with van der Waals surface area (Å²) in [6.45, 7) is 3.43. The van der Waals surface area contributed by atoms with Gasteiger partial charge in [0.05, 0.1) is 12.2 Å². The van der Waals surface area contributed by atoms with Crippen molar-refractivity contribution in [1.82, 2.24) is 4.90 Å². The third kappa shape index (κ3) is 4.80. The fraction of sp³-hybridized carbons (Fsp3) is 0.611. The predicted molar refractivity (Wildman–Crippen MR) is 93.3 cm³/mol. The molecule has 1 atom stereocenters. The van der Waals surface area contributed by atoms with Crippen LogP contribution in [0, 0.1) is 0 Å². The molecule has 5 heteroatoms. The molecule has 0 aromatic heterocycles. The molecule has 0 aliphatic heterocycles. The Morgan fingerprint density at radius 1 is 1.22 bits per heavy atom. The van der Waals surface area contributed by atoms with Crippen molar-refractivity contribution in [2.75, 3.05) is 18.6 Å². The maximum atomic E-state index is 12.4. The number of carbonyl (C=O) groups excluding carboxylic acids is 1. The first-order valence-corrected chi connectivity index (χ1v) is 10.2. The van der Waals surface area contributed by atoms with Crippen LogP contribution in [0.4, 0.5) is 0 Å². The van der Waals surface area contributed by atoms with E-state index < -0.39 is 9.84 Å². The first kappa shape index (κ1) is 18.0. The van der Waals surface area contributed by atoms with E-state index in [0.29, 0.717) is 6.42 Å². The lowest BCUT2D eigenvalue weighted by Crippen LogP contribution is -2.40. The van der Waals surface area contributed by atoms with Gasteiger partial charge in [-0.1, -0.05) is 25.1 Å². The SMILES string of the molecule is CCS(=O)(=O)C[C@H](C)N(C)C(=O)Cc1ccc2c(c1)CCCC2. The standard InChI is InChI=1S/C18H27NO3S/c1-4-23(21,22)13-14(2)19(3)18(20)12-15-9-10-16-7-5-6-8-17(16)11-15/h9-11,14H,4-8,12-13H2,1-3H3/t14-/m0/s1. The van der Waals surface area contributed by atoms with Gasteiger partial charge >= 0.3 is 0 Å². The van der Waals surface area contributed by atoms with E-state index in [4.69, 9.17) is 0 Å². The molecule has 4 nitrogen and oxygen atoms in total. The number of aryl methyl sites for hydroxylation is 2. The van der Waals surface area contributed by atoms with E-state index in [-0.39, 0.29) is 23.5 Å². The van der Waals surface area contributed by atoms with Gasteiger partial charge in [-0.25, -0.2) is 8.42 Å². The number of hydrogen-bond donors (Lipinski definition) is 0. The highest BCUT2D eigenvalue weighted by Gasteiger charge is 2.21. The van der Waals surface area contributed by atoms with Crippen molar-refractivity contribution in [2.24, 2.45) is 0 Å². The van der Waals surface area contributed by atoms with Crippen LogP contribution in [0.2, 0.25) is 0 Å². The highest BCUT2D eigenvalue weighted by atomic mass is 32.2. The minimum absolute atomic E-state index is 0.0237. The number of hydrogen-bond acceptors (Lipinski definition) is 3. The molecule has 1 aliphatic carbocycles. The van der Waals surface area contributed by atoms with Gasteiger partial charge in [0, 0.05) is 18.8 Å². The summed E-state index contributed by atoms with van der Waals surface area (Å²) in [7, 11) is -1.39. The van der Waals surface area contributed by atoms with Crippen LogP contribution in [0.5, 0.6) is 0 Å². The number of fused-ring (bicyclic) bond motifs is 1. The van der Waals surface area contributed by atoms with Gasteiger partial charge in [0.2, 0.25) is 5.91 Å². The monoisotopic (exact) mass is 337 g/mol. The summed E-state index contributed by atoms with van der Waals surface area (Å²) in [4.78, 5) is 14.0. The average Bonchev–Trinajstić information content (AvgIpc) is 2.53. The molecule has 0 saturated carbocycles. The molecule has 1 amide bonds. The molecule has 0 unspecified atom stereocenters. The molecule has 0 radical (unpaired) electrons. The van der Waals surface area contributed by atoms with Crippen molar-refractivity contribution in [2.45, 2.75) is 52.0 Å². The van der Waals surface area contributed by atoms with Crippen LogP contribution < -0.4 is 0 Å². The van der Waals surface area contributed by atoms with E-state index in [9.17, 15) is 13.2 Å². The smallest absolute Gasteiger partial charge is 0.227 e. The first-order valence-electron chi connectivity index (χ1n) is 8.39. The van der Waals surface area contributed by atoms with Crippen molar-refractivity contribution in [3.05, 3.63) is 34.9 Å². The first-order chi connectivity index (χ1) is 10.8. The Morgan fingerprint density at radius 3 is 2.52 bits per heavy atom. The second-order valence-corrected chi connectivity index (χ2v) is 8.94. The minimum Gasteiger partial charge on any atom is -0.342 e. The van der Waals surface area contributed by atoms with Crippen molar-refractivity contribution >= 4 is 15.7 Å². The van der Waals surface area contributed by atoms with Crippen molar-refractivity contribution in [3.8, 4) is 0 Å². The van der Waals surface area contributed by atoms with Crippen LogP contribution in [0.3, 0.4) is 0 Å². The summed E-state index contributed by atoms with van der Waals surface area (Å²) in [6.07, 6.45) is 5.03. The summed E-state index contributed by atoms with van der Waals surface area (Å²) in [5.41, 5.74) is 3.79. The number of amides is 1. The average molecular weight is 337 g/mol. The van der Waals surface area contributed by atoms with Gasteiger partial charge in [-0.15, -0.1) is 0 Å². The van der Waals surface area contributed by atoms with E-state index in [2.05, 4.69) is 12.1 Å². The molecule has 0 heterocycles. The maximum absolute atomic E-state index is 12.4. The molecule has 2 rings (SSSR count). The van der Waals surface area contributed by atoms with Crippen LogP contribution >= 0.6 is 0 Å². The van der Waals surface area contributed by atoms with E-state index in [0.717, 1.165) is 18.4 Å². The number of nitrogens with zero attached hydrogens (tertiary/aromatic N) is 1. The summed E-state index contributed by atoms with van der Waals surface area (Å²) in [6, 6.07) is 6.02. The normalized spacial score (nSPS) is 15.8. The summed E-state index contributed by atoms with van der Waals surface area (Å²) in [5.74, 6) is 0.111. The fourth-order valence-corrected chi connectivity index (χ4v) is 4.23. The van der Waals surface area contributed by atoms with Gasteiger partial charge in [-0.3, -0.25) is 4.79 Å². The molecule has 1 aromatic carbocycles. The van der Waals surface area contributed by atoms with Gasteiger partial charge in [0.15, 0.2) is 9.84 Å². The molecule has 128 valence electrons. The Hall–Kier alpha value is -1.36. The van der Waals surface area contributed by atoms with Crippen LogP contribution in [0.15, 0.2) is 18.2 Å². The Kier molecular flexibility index (Phi) is 5.84. The zero-order valence-corrected chi connectivity index (χ0v) is 15.2. The quantitative estimate of drug-likeness (QED) is 0.801. The van der Waals surface area contributed by atoms with Crippen LogP contribution in [-0.4, -0.2) is 43.8 Å². The fourth-order valence-electron chi connectivity index (χ4n) is 3.04. The van der Waals surface area contributed by atoms with Gasteiger partial charge in [0.1, 0.15) is 0 Å².